The summed E-state index contributed by atoms with van der Waals surface area (Å²) in [5, 5.41) is 4.50. The van der Waals surface area contributed by atoms with E-state index in [0.29, 0.717) is 5.92 Å². The summed E-state index contributed by atoms with van der Waals surface area (Å²) in [4.78, 5) is 4.58. The molecule has 2 aromatic rings. The quantitative estimate of drug-likeness (QED) is 0.660. The van der Waals surface area contributed by atoms with Gasteiger partial charge in [0, 0.05) is 36.6 Å². The summed E-state index contributed by atoms with van der Waals surface area (Å²) in [6, 6.07) is 4.39. The molecule has 0 aromatic carbocycles. The van der Waals surface area contributed by atoms with Gasteiger partial charge in [-0.1, -0.05) is 6.07 Å². The Morgan fingerprint density at radius 1 is 1.48 bits per heavy atom. The van der Waals surface area contributed by atoms with Gasteiger partial charge in [0.05, 0.1) is 5.69 Å². The highest BCUT2D eigenvalue weighted by atomic mass is 15.3. The number of fused-ring (bicyclic) bond motifs is 1. The molecule has 3 N–H and O–H groups in total. The average Bonchev–Trinajstić information content (AvgIpc) is 3.00. The molecule has 21 heavy (non-hydrogen) atoms. The van der Waals surface area contributed by atoms with Crippen molar-refractivity contribution in [2.45, 2.75) is 45.1 Å². The van der Waals surface area contributed by atoms with E-state index in [0.717, 1.165) is 25.0 Å². The lowest BCUT2D eigenvalue weighted by Crippen LogP contribution is -2.41. The van der Waals surface area contributed by atoms with Crippen LogP contribution >= 0.6 is 0 Å². The Balaban J connectivity index is 1.87. The lowest BCUT2D eigenvalue weighted by molar-refractivity contribution is 0.428. The van der Waals surface area contributed by atoms with Crippen LogP contribution in [0.4, 0.5) is 0 Å². The molecular weight excluding hydrogens is 262 g/mol. The van der Waals surface area contributed by atoms with Crippen LogP contribution in [0, 0.1) is 13.8 Å². The second-order valence-electron chi connectivity index (χ2n) is 5.94. The normalized spacial score (nSPS) is 18.8. The van der Waals surface area contributed by atoms with Crippen LogP contribution in [-0.4, -0.2) is 20.8 Å². The van der Waals surface area contributed by atoms with Crippen LogP contribution < -0.4 is 11.3 Å². The van der Waals surface area contributed by atoms with Gasteiger partial charge < -0.3 is 0 Å². The predicted molar refractivity (Wildman–Crippen MR) is 82.8 cm³/mol. The summed E-state index contributed by atoms with van der Waals surface area (Å²) in [7, 11) is 1.99. The van der Waals surface area contributed by atoms with Crippen molar-refractivity contribution in [1.29, 1.82) is 0 Å². The molecule has 2 unspecified atom stereocenters. The molecule has 2 heterocycles. The molecule has 3 rings (SSSR count). The predicted octanol–water partition coefficient (Wildman–Crippen LogP) is 1.54. The van der Waals surface area contributed by atoms with Crippen LogP contribution in [0.25, 0.3) is 0 Å². The molecule has 2 aromatic heterocycles. The molecule has 5 heteroatoms. The van der Waals surface area contributed by atoms with Gasteiger partial charge in [-0.05, 0) is 50.3 Å². The molecule has 0 saturated heterocycles. The van der Waals surface area contributed by atoms with E-state index in [4.69, 9.17) is 5.84 Å². The molecule has 0 aliphatic heterocycles. The van der Waals surface area contributed by atoms with E-state index in [1.807, 2.05) is 24.0 Å². The monoisotopic (exact) mass is 285 g/mol. The summed E-state index contributed by atoms with van der Waals surface area (Å²) in [5.74, 6) is 6.24. The SMILES string of the molecule is Cc1nn(C)c(C)c1CC(NN)C1CCc2cccnc21. The minimum absolute atomic E-state index is 0.197. The number of nitrogens with one attached hydrogen (secondary N) is 1. The molecule has 1 aliphatic rings. The first-order valence-corrected chi connectivity index (χ1v) is 7.50. The second kappa shape index (κ2) is 5.58. The third kappa shape index (κ3) is 2.47. The lowest BCUT2D eigenvalue weighted by Gasteiger charge is -2.23. The van der Waals surface area contributed by atoms with Gasteiger partial charge in [-0.15, -0.1) is 0 Å². The fourth-order valence-corrected chi connectivity index (χ4v) is 3.49. The molecule has 2 atom stereocenters. The van der Waals surface area contributed by atoms with E-state index < -0.39 is 0 Å². The highest BCUT2D eigenvalue weighted by Gasteiger charge is 2.31. The summed E-state index contributed by atoms with van der Waals surface area (Å²) < 4.78 is 1.94. The zero-order valence-electron chi connectivity index (χ0n) is 12.9. The topological polar surface area (TPSA) is 68.8 Å². The van der Waals surface area contributed by atoms with Crippen molar-refractivity contribution in [1.82, 2.24) is 20.2 Å². The molecule has 112 valence electrons. The number of rotatable bonds is 4. The largest absolute Gasteiger partial charge is 0.272 e. The van der Waals surface area contributed by atoms with Gasteiger partial charge in [0.2, 0.25) is 0 Å². The summed E-state index contributed by atoms with van der Waals surface area (Å²) in [6.45, 7) is 4.18. The first kappa shape index (κ1) is 14.2. The fourth-order valence-electron chi connectivity index (χ4n) is 3.49. The number of hydrogen-bond donors (Lipinski definition) is 2. The molecular formula is C16H23N5. The maximum Gasteiger partial charge on any atom is 0.0628 e. The second-order valence-corrected chi connectivity index (χ2v) is 5.94. The van der Waals surface area contributed by atoms with Crippen LogP contribution in [0.5, 0.6) is 0 Å². The average molecular weight is 285 g/mol. The van der Waals surface area contributed by atoms with Crippen molar-refractivity contribution < 1.29 is 0 Å². The standard InChI is InChI=1S/C16H23N5/c1-10-14(11(2)21(3)20-10)9-15(19-17)13-7-6-12-5-4-8-18-16(12)13/h4-5,8,13,15,19H,6-7,9,17H2,1-3H3. The number of pyridine rings is 1. The van der Waals surface area contributed by atoms with Gasteiger partial charge in [0.15, 0.2) is 0 Å². The van der Waals surface area contributed by atoms with E-state index in [2.05, 4.69) is 35.4 Å². The Morgan fingerprint density at radius 3 is 2.95 bits per heavy atom. The highest BCUT2D eigenvalue weighted by Crippen LogP contribution is 2.35. The van der Waals surface area contributed by atoms with Crippen LogP contribution in [-0.2, 0) is 19.9 Å². The smallest absolute Gasteiger partial charge is 0.0628 e. The van der Waals surface area contributed by atoms with Crippen LogP contribution in [0.15, 0.2) is 18.3 Å². The summed E-state index contributed by atoms with van der Waals surface area (Å²) in [5.41, 5.74) is 9.19. The van der Waals surface area contributed by atoms with Gasteiger partial charge in [-0.2, -0.15) is 5.10 Å². The fraction of sp³-hybridized carbons (Fsp3) is 0.500. The Kier molecular flexibility index (Phi) is 3.78. The maximum absolute atomic E-state index is 5.86. The molecule has 0 fully saturated rings. The Bertz CT molecular complexity index is 646. The number of nitrogens with two attached hydrogens (primary N) is 1. The van der Waals surface area contributed by atoms with Crippen LogP contribution in [0.1, 0.15) is 40.5 Å². The van der Waals surface area contributed by atoms with Crippen molar-refractivity contribution >= 4 is 0 Å². The van der Waals surface area contributed by atoms with Crippen molar-refractivity contribution in [3.05, 3.63) is 46.5 Å². The number of hydrogen-bond acceptors (Lipinski definition) is 4. The van der Waals surface area contributed by atoms with E-state index >= 15 is 0 Å². The van der Waals surface area contributed by atoms with E-state index in [1.54, 1.807) is 0 Å². The van der Waals surface area contributed by atoms with Crippen molar-refractivity contribution in [3.8, 4) is 0 Å². The molecule has 1 aliphatic carbocycles. The van der Waals surface area contributed by atoms with E-state index in [1.165, 1.54) is 22.5 Å². The summed E-state index contributed by atoms with van der Waals surface area (Å²) >= 11 is 0. The molecule has 0 amide bonds. The Hall–Kier alpha value is -1.72. The van der Waals surface area contributed by atoms with Gasteiger partial charge in [-0.3, -0.25) is 20.9 Å². The summed E-state index contributed by atoms with van der Waals surface area (Å²) in [6.07, 6.45) is 4.98. The van der Waals surface area contributed by atoms with Gasteiger partial charge in [-0.25, -0.2) is 0 Å². The first-order valence-electron chi connectivity index (χ1n) is 7.50. The third-order valence-electron chi connectivity index (χ3n) is 4.78. The number of nitrogens with zero attached hydrogens (tertiary/aromatic N) is 3. The van der Waals surface area contributed by atoms with E-state index in [9.17, 15) is 0 Å². The zero-order chi connectivity index (χ0) is 15.0. The molecule has 0 saturated carbocycles. The van der Waals surface area contributed by atoms with Crippen LogP contribution in [0.2, 0.25) is 0 Å². The highest BCUT2D eigenvalue weighted by molar-refractivity contribution is 5.32. The zero-order valence-corrected chi connectivity index (χ0v) is 12.9. The minimum Gasteiger partial charge on any atom is -0.272 e. The van der Waals surface area contributed by atoms with Crippen molar-refractivity contribution in [3.63, 3.8) is 0 Å². The molecule has 0 bridgehead atoms. The first-order chi connectivity index (χ1) is 10.1. The number of aryl methyl sites for hydroxylation is 3. The van der Waals surface area contributed by atoms with Crippen molar-refractivity contribution in [2.75, 3.05) is 0 Å². The Labute approximate surface area is 125 Å². The Morgan fingerprint density at radius 2 is 2.29 bits per heavy atom. The van der Waals surface area contributed by atoms with Gasteiger partial charge >= 0.3 is 0 Å². The lowest BCUT2D eigenvalue weighted by atomic mass is 9.91. The van der Waals surface area contributed by atoms with Crippen molar-refractivity contribution in [2.24, 2.45) is 12.9 Å². The number of hydrazine groups is 1. The molecule has 5 nitrogen and oxygen atoms in total. The van der Waals surface area contributed by atoms with E-state index in [-0.39, 0.29) is 6.04 Å². The van der Waals surface area contributed by atoms with Crippen LogP contribution in [0.3, 0.4) is 0 Å². The minimum atomic E-state index is 0.197. The number of aromatic nitrogens is 3. The van der Waals surface area contributed by atoms with Gasteiger partial charge in [0.1, 0.15) is 0 Å². The molecule has 0 radical (unpaired) electrons. The third-order valence-corrected chi connectivity index (χ3v) is 4.78. The molecule has 0 spiro atoms. The maximum atomic E-state index is 5.86. The van der Waals surface area contributed by atoms with Gasteiger partial charge in [0.25, 0.3) is 0 Å².